The number of ketones is 1. The molecule has 0 unspecified atom stereocenters. The monoisotopic (exact) mass is 513 g/mol. The van der Waals surface area contributed by atoms with Crippen molar-refractivity contribution in [1.82, 2.24) is 14.8 Å². The van der Waals surface area contributed by atoms with Gasteiger partial charge in [0.15, 0.2) is 0 Å². The maximum Gasteiger partial charge on any atom is 0.326 e. The highest BCUT2D eigenvalue weighted by Crippen LogP contribution is 2.26. The van der Waals surface area contributed by atoms with Gasteiger partial charge in [-0.2, -0.15) is 0 Å². The molecule has 1 saturated carbocycles. The van der Waals surface area contributed by atoms with E-state index in [4.69, 9.17) is 9.47 Å². The van der Waals surface area contributed by atoms with Crippen LogP contribution in [0.5, 0.6) is 5.75 Å². The van der Waals surface area contributed by atoms with Gasteiger partial charge in [0, 0.05) is 35.2 Å². The van der Waals surface area contributed by atoms with Crippen molar-refractivity contribution in [2.75, 3.05) is 20.2 Å². The number of carbonyl (C=O) groups excluding carboxylic acids is 4. The Hall–Kier alpha value is -3.36. The first-order valence-electron chi connectivity index (χ1n) is 12.9. The molecule has 1 aliphatic carbocycles. The number of benzene rings is 1. The number of nitrogens with zero attached hydrogens (tertiary/aromatic N) is 2. The summed E-state index contributed by atoms with van der Waals surface area (Å²) in [4.78, 5) is 58.8. The number of H-pyrrole nitrogens is 1. The van der Waals surface area contributed by atoms with Crippen molar-refractivity contribution < 1.29 is 28.7 Å². The number of aromatic nitrogens is 1. The number of hydrogen-bond donors (Lipinski definition) is 1. The molecule has 2 aromatic rings. The molecule has 1 aromatic carbocycles. The first-order chi connectivity index (χ1) is 17.4. The van der Waals surface area contributed by atoms with Gasteiger partial charge in [-0.25, -0.2) is 0 Å². The van der Waals surface area contributed by atoms with E-state index in [2.05, 4.69) is 4.98 Å². The Morgan fingerprint density at radius 1 is 1.05 bits per heavy atom. The van der Waals surface area contributed by atoms with E-state index in [1.165, 1.54) is 6.20 Å². The lowest BCUT2D eigenvalue weighted by molar-refractivity contribution is -0.159. The molecule has 37 heavy (non-hydrogen) atoms. The topological polar surface area (TPSA) is 109 Å². The third-order valence-electron chi connectivity index (χ3n) is 6.49. The number of methoxy groups -OCH3 is 1. The van der Waals surface area contributed by atoms with Crippen molar-refractivity contribution in [2.24, 2.45) is 0 Å². The van der Waals surface area contributed by atoms with Crippen LogP contribution in [0.25, 0.3) is 10.9 Å². The van der Waals surface area contributed by atoms with E-state index in [0.29, 0.717) is 16.7 Å². The lowest BCUT2D eigenvalue weighted by Gasteiger charge is -2.38. The van der Waals surface area contributed by atoms with Gasteiger partial charge in [-0.1, -0.05) is 19.3 Å². The number of aromatic amines is 1. The van der Waals surface area contributed by atoms with E-state index in [0.717, 1.165) is 37.0 Å². The second-order valence-corrected chi connectivity index (χ2v) is 10.9. The Balaban J connectivity index is 1.87. The number of hydrogen-bond acceptors (Lipinski definition) is 6. The van der Waals surface area contributed by atoms with E-state index in [1.54, 1.807) is 51.0 Å². The van der Waals surface area contributed by atoms with Crippen LogP contribution in [0, 0.1) is 0 Å². The quantitative estimate of drug-likeness (QED) is 0.307. The average Bonchev–Trinajstić information content (AvgIpc) is 3.25. The largest absolute Gasteiger partial charge is 0.497 e. The Labute approximate surface area is 218 Å². The van der Waals surface area contributed by atoms with Crippen LogP contribution in [-0.4, -0.2) is 76.2 Å². The van der Waals surface area contributed by atoms with Crippen LogP contribution in [0.4, 0.5) is 0 Å². The van der Waals surface area contributed by atoms with Gasteiger partial charge in [-0.3, -0.25) is 19.2 Å². The maximum atomic E-state index is 13.5. The number of nitrogens with one attached hydrogen (secondary N) is 1. The van der Waals surface area contributed by atoms with Crippen LogP contribution in [0.3, 0.4) is 0 Å². The van der Waals surface area contributed by atoms with Crippen LogP contribution >= 0.6 is 0 Å². The number of amides is 2. The molecule has 3 rings (SSSR count). The zero-order chi connectivity index (χ0) is 27.3. The van der Waals surface area contributed by atoms with Crippen LogP contribution in [-0.2, 0) is 19.1 Å². The second kappa shape index (κ2) is 11.8. The summed E-state index contributed by atoms with van der Waals surface area (Å²) in [7, 11) is 1.54. The molecule has 1 aliphatic rings. The summed E-state index contributed by atoms with van der Waals surface area (Å²) >= 11 is 0. The number of ether oxygens (including phenoxy) is 2. The Morgan fingerprint density at radius 2 is 1.73 bits per heavy atom. The molecule has 9 nitrogen and oxygen atoms in total. The summed E-state index contributed by atoms with van der Waals surface area (Å²) in [6.07, 6.45) is 6.51. The summed E-state index contributed by atoms with van der Waals surface area (Å²) in [5.74, 6) is -2.09. The molecule has 0 bridgehead atoms. The normalized spacial score (nSPS) is 14.5. The maximum absolute atomic E-state index is 13.5. The minimum Gasteiger partial charge on any atom is -0.497 e. The van der Waals surface area contributed by atoms with Gasteiger partial charge >= 0.3 is 5.97 Å². The first-order valence-corrected chi connectivity index (χ1v) is 12.9. The molecular formula is C28H39N3O6. The number of rotatable bonds is 9. The highest BCUT2D eigenvalue weighted by molar-refractivity contribution is 6.45. The van der Waals surface area contributed by atoms with E-state index >= 15 is 0 Å². The summed E-state index contributed by atoms with van der Waals surface area (Å²) < 4.78 is 10.6. The summed E-state index contributed by atoms with van der Waals surface area (Å²) in [6, 6.07) is 5.12. The van der Waals surface area contributed by atoms with Gasteiger partial charge in [0.05, 0.1) is 12.7 Å². The molecule has 0 aliphatic heterocycles. The fourth-order valence-corrected chi connectivity index (χ4v) is 4.93. The fourth-order valence-electron chi connectivity index (χ4n) is 4.93. The smallest absolute Gasteiger partial charge is 0.326 e. The molecule has 0 saturated heterocycles. The van der Waals surface area contributed by atoms with Gasteiger partial charge in [0.1, 0.15) is 24.4 Å². The Kier molecular flexibility index (Phi) is 8.99. The molecule has 1 N–H and O–H groups in total. The molecule has 1 heterocycles. The van der Waals surface area contributed by atoms with E-state index < -0.39 is 29.8 Å². The van der Waals surface area contributed by atoms with Crippen LogP contribution in [0.15, 0.2) is 24.4 Å². The Bertz CT molecular complexity index is 1140. The molecule has 0 atom stereocenters. The Morgan fingerprint density at radius 3 is 2.32 bits per heavy atom. The highest BCUT2D eigenvalue weighted by atomic mass is 16.6. The van der Waals surface area contributed by atoms with Gasteiger partial charge in [-0.05, 0) is 59.6 Å². The fraction of sp³-hybridized carbons (Fsp3) is 0.571. The number of fused-ring (bicyclic) bond motifs is 1. The van der Waals surface area contributed by atoms with Crippen molar-refractivity contribution in [3.63, 3.8) is 0 Å². The SMILES string of the molecule is COc1ccc2c(C(=O)C(=O)N(CC(=O)OC(C)(C)C)CC(=O)N(C(C)C)C3CCCCC3)c[nH]c2c1. The molecular weight excluding hydrogens is 474 g/mol. The van der Waals surface area contributed by atoms with E-state index in [-0.39, 0.29) is 30.1 Å². The first kappa shape index (κ1) is 28.2. The van der Waals surface area contributed by atoms with Crippen molar-refractivity contribution in [3.05, 3.63) is 30.0 Å². The minimum absolute atomic E-state index is 0.0756. The molecule has 2 amide bonds. The number of carbonyl (C=O) groups is 4. The summed E-state index contributed by atoms with van der Waals surface area (Å²) in [5.41, 5.74) is 0.0211. The van der Waals surface area contributed by atoms with Gasteiger partial charge in [-0.15, -0.1) is 0 Å². The summed E-state index contributed by atoms with van der Waals surface area (Å²) in [5, 5.41) is 0.550. The molecule has 1 aromatic heterocycles. The van der Waals surface area contributed by atoms with E-state index in [1.807, 2.05) is 13.8 Å². The molecule has 0 radical (unpaired) electrons. The van der Waals surface area contributed by atoms with Crippen molar-refractivity contribution in [1.29, 1.82) is 0 Å². The van der Waals surface area contributed by atoms with Gasteiger partial charge in [0.25, 0.3) is 11.7 Å². The van der Waals surface area contributed by atoms with Crippen molar-refractivity contribution in [2.45, 2.75) is 84.4 Å². The average molecular weight is 514 g/mol. The highest BCUT2D eigenvalue weighted by Gasteiger charge is 2.34. The lowest BCUT2D eigenvalue weighted by atomic mass is 9.93. The third kappa shape index (κ3) is 7.11. The van der Waals surface area contributed by atoms with Crippen molar-refractivity contribution in [3.8, 4) is 5.75 Å². The van der Waals surface area contributed by atoms with Gasteiger partial charge < -0.3 is 24.3 Å². The molecule has 9 heteroatoms. The van der Waals surface area contributed by atoms with Crippen LogP contribution in [0.1, 0.15) is 77.1 Å². The number of Topliss-reactive ketones (excluding diaryl/α,β-unsaturated/α-hetero) is 1. The van der Waals surface area contributed by atoms with E-state index in [9.17, 15) is 19.2 Å². The molecule has 1 fully saturated rings. The molecule has 0 spiro atoms. The standard InChI is InChI=1S/C28H39N3O6/c1-18(2)31(19-10-8-7-9-11-19)24(32)16-30(17-25(33)37-28(3,4)5)27(35)26(34)22-15-29-23-14-20(36-6)12-13-21(22)23/h12-15,18-19,29H,7-11,16-17H2,1-6H3. The zero-order valence-corrected chi connectivity index (χ0v) is 22.8. The predicted octanol–water partition coefficient (Wildman–Crippen LogP) is 4.10. The van der Waals surface area contributed by atoms with Crippen molar-refractivity contribution >= 4 is 34.5 Å². The van der Waals surface area contributed by atoms with Crippen LogP contribution in [0.2, 0.25) is 0 Å². The lowest BCUT2D eigenvalue weighted by Crippen LogP contribution is -2.52. The van der Waals surface area contributed by atoms with Crippen LogP contribution < -0.4 is 4.74 Å². The second-order valence-electron chi connectivity index (χ2n) is 10.9. The number of esters is 1. The van der Waals surface area contributed by atoms with Gasteiger partial charge in [0.2, 0.25) is 5.91 Å². The predicted molar refractivity (Wildman–Crippen MR) is 140 cm³/mol. The summed E-state index contributed by atoms with van der Waals surface area (Å²) in [6.45, 7) is 8.16. The minimum atomic E-state index is -0.928. The zero-order valence-electron chi connectivity index (χ0n) is 22.8. The molecule has 202 valence electrons. The third-order valence-corrected chi connectivity index (χ3v) is 6.49.